The van der Waals surface area contributed by atoms with Gasteiger partial charge in [-0.1, -0.05) is 127 Å². The summed E-state index contributed by atoms with van der Waals surface area (Å²) in [6.07, 6.45) is 0.578. The quantitative estimate of drug-likeness (QED) is 0.260. The molecule has 37 heavy (non-hydrogen) atoms. The predicted octanol–water partition coefficient (Wildman–Crippen LogP) is 8.26. The number of nitrogens with zero attached hydrogens (tertiary/aromatic N) is 2. The third-order valence-corrected chi connectivity index (χ3v) is 7.33. The first-order valence-corrected chi connectivity index (χ1v) is 12.8. The van der Waals surface area contributed by atoms with Crippen LogP contribution in [-0.2, 0) is 0 Å². The maximum absolute atomic E-state index is 6.56. The molecule has 2 aliphatic heterocycles. The van der Waals surface area contributed by atoms with Gasteiger partial charge in [0.15, 0.2) is 0 Å². The largest absolute Gasteiger partial charge is 0.464 e. The molecule has 3 heteroatoms. The lowest BCUT2D eigenvalue weighted by Gasteiger charge is -2.38. The lowest BCUT2D eigenvalue weighted by molar-refractivity contribution is -0.0190. The molecule has 178 valence electrons. The van der Waals surface area contributed by atoms with Crippen LogP contribution in [-0.4, -0.2) is 10.7 Å². The maximum Gasteiger partial charge on any atom is 0.213 e. The summed E-state index contributed by atoms with van der Waals surface area (Å²) in [5, 5.41) is 7.30. The van der Waals surface area contributed by atoms with E-state index in [9.17, 15) is 0 Å². The van der Waals surface area contributed by atoms with Gasteiger partial charge in [0.25, 0.3) is 0 Å². The van der Waals surface area contributed by atoms with Gasteiger partial charge in [0.2, 0.25) is 6.23 Å². The molecule has 0 saturated carbocycles. The van der Waals surface area contributed by atoms with Crippen LogP contribution in [0.1, 0.15) is 35.4 Å². The Hall–Kier alpha value is -4.63. The second-order valence-corrected chi connectivity index (χ2v) is 9.59. The fourth-order valence-corrected chi connectivity index (χ4v) is 5.39. The molecular weight excluding hydrogens is 452 g/mol. The molecule has 2 atom stereocenters. The number of rotatable bonds is 4. The van der Waals surface area contributed by atoms with Crippen molar-refractivity contribution in [3.05, 3.63) is 150 Å². The van der Waals surface area contributed by atoms with E-state index in [1.807, 2.05) is 18.2 Å². The van der Waals surface area contributed by atoms with E-state index in [4.69, 9.17) is 9.84 Å². The van der Waals surface area contributed by atoms with Crippen LogP contribution in [0.2, 0.25) is 0 Å². The van der Waals surface area contributed by atoms with Gasteiger partial charge < -0.3 is 4.74 Å². The summed E-state index contributed by atoms with van der Waals surface area (Å²) >= 11 is 0. The third-order valence-electron chi connectivity index (χ3n) is 7.33. The molecule has 2 heterocycles. The topological polar surface area (TPSA) is 24.8 Å². The van der Waals surface area contributed by atoms with Crippen molar-refractivity contribution < 1.29 is 4.74 Å². The maximum atomic E-state index is 6.56. The molecule has 0 aromatic heterocycles. The average Bonchev–Trinajstić information content (AvgIpc) is 3.44. The van der Waals surface area contributed by atoms with Gasteiger partial charge in [-0.25, -0.2) is 5.01 Å². The van der Waals surface area contributed by atoms with Crippen LogP contribution in [0, 0.1) is 0 Å². The van der Waals surface area contributed by atoms with Gasteiger partial charge >= 0.3 is 0 Å². The number of ether oxygens (including phenoxy) is 1. The summed E-state index contributed by atoms with van der Waals surface area (Å²) in [5.41, 5.74) is 9.39. The van der Waals surface area contributed by atoms with Gasteiger partial charge in [0, 0.05) is 17.5 Å². The highest BCUT2D eigenvalue weighted by Crippen LogP contribution is 2.47. The Morgan fingerprint density at radius 2 is 1.05 bits per heavy atom. The molecule has 0 radical (unpaired) electrons. The van der Waals surface area contributed by atoms with Crippen molar-refractivity contribution >= 4 is 5.71 Å². The number of hydrogen-bond acceptors (Lipinski definition) is 3. The van der Waals surface area contributed by atoms with Gasteiger partial charge in [-0.2, -0.15) is 5.10 Å². The molecule has 2 aliphatic rings. The molecule has 0 amide bonds. The fourth-order valence-electron chi connectivity index (χ4n) is 5.39. The first-order valence-electron chi connectivity index (χ1n) is 12.8. The molecule has 0 fully saturated rings. The van der Waals surface area contributed by atoms with Crippen molar-refractivity contribution in [3.63, 3.8) is 0 Å². The molecule has 3 nitrogen and oxygen atoms in total. The summed E-state index contributed by atoms with van der Waals surface area (Å²) < 4.78 is 6.56. The van der Waals surface area contributed by atoms with E-state index in [0.717, 1.165) is 29.0 Å². The lowest BCUT2D eigenvalue weighted by atomic mass is 9.95. The molecule has 0 aliphatic carbocycles. The van der Waals surface area contributed by atoms with E-state index in [0.29, 0.717) is 0 Å². The Labute approximate surface area is 217 Å². The van der Waals surface area contributed by atoms with Gasteiger partial charge in [0.05, 0.1) is 11.8 Å². The smallest absolute Gasteiger partial charge is 0.213 e. The molecule has 0 spiro atoms. The molecule has 7 rings (SSSR count). The summed E-state index contributed by atoms with van der Waals surface area (Å²) in [6, 6.07) is 46.9. The Bertz CT molecular complexity index is 1560. The van der Waals surface area contributed by atoms with Crippen molar-refractivity contribution in [2.24, 2.45) is 5.10 Å². The van der Waals surface area contributed by atoms with Crippen LogP contribution < -0.4 is 4.74 Å². The van der Waals surface area contributed by atoms with Gasteiger partial charge in [-0.15, -0.1) is 0 Å². The van der Waals surface area contributed by atoms with E-state index in [2.05, 4.69) is 120 Å². The van der Waals surface area contributed by atoms with Crippen molar-refractivity contribution in [3.8, 4) is 28.0 Å². The number of fused-ring (bicyclic) bond motifs is 3. The van der Waals surface area contributed by atoms with E-state index in [1.165, 1.54) is 27.8 Å². The number of para-hydroxylation sites is 1. The van der Waals surface area contributed by atoms with Crippen molar-refractivity contribution in [2.45, 2.75) is 18.7 Å². The number of hydrazone groups is 1. The Kier molecular flexibility index (Phi) is 5.32. The minimum absolute atomic E-state index is 0.146. The molecule has 0 saturated heterocycles. The summed E-state index contributed by atoms with van der Waals surface area (Å²) in [6.45, 7) is 0. The normalized spacial score (nSPS) is 17.9. The van der Waals surface area contributed by atoms with Crippen LogP contribution in [0.4, 0.5) is 0 Å². The zero-order valence-electron chi connectivity index (χ0n) is 20.4. The molecule has 5 aromatic rings. The molecular formula is C34H26N2O. The molecule has 2 unspecified atom stereocenters. The third kappa shape index (κ3) is 3.99. The first kappa shape index (κ1) is 21.6. The van der Waals surface area contributed by atoms with Gasteiger partial charge in [-0.05, 0) is 33.9 Å². The van der Waals surface area contributed by atoms with Crippen LogP contribution in [0.25, 0.3) is 22.3 Å². The zero-order valence-corrected chi connectivity index (χ0v) is 20.4. The predicted molar refractivity (Wildman–Crippen MR) is 149 cm³/mol. The Balaban J connectivity index is 1.22. The molecule has 5 aromatic carbocycles. The molecule has 0 N–H and O–H groups in total. The number of hydrogen-bond donors (Lipinski definition) is 0. The van der Waals surface area contributed by atoms with E-state index >= 15 is 0 Å². The first-order chi connectivity index (χ1) is 18.3. The summed E-state index contributed by atoms with van der Waals surface area (Å²) in [5.74, 6) is 0.941. The van der Waals surface area contributed by atoms with Crippen LogP contribution in [0.3, 0.4) is 0 Å². The van der Waals surface area contributed by atoms with Crippen LogP contribution >= 0.6 is 0 Å². The second-order valence-electron chi connectivity index (χ2n) is 9.59. The second kappa shape index (κ2) is 9.11. The fraction of sp³-hybridized carbons (Fsp3) is 0.0882. The Morgan fingerprint density at radius 3 is 1.70 bits per heavy atom. The van der Waals surface area contributed by atoms with E-state index in [1.54, 1.807) is 0 Å². The summed E-state index contributed by atoms with van der Waals surface area (Å²) in [7, 11) is 0. The standard InChI is InChI=1S/C34H26N2O/c1-3-9-24(10-4-1)26-15-19-28(20-16-26)31-23-32-30-13-7-8-14-33(30)37-34(36(32)35-31)29-21-17-27(18-22-29)25-11-5-2-6-12-25/h1-22,32,34H,23H2. The number of benzene rings is 5. The molecule has 0 bridgehead atoms. The highest BCUT2D eigenvalue weighted by molar-refractivity contribution is 6.02. The SMILES string of the molecule is c1ccc(-c2ccc(C3=NN4C(C3)c3ccccc3OC4c3ccc(-c4ccccc4)cc3)cc2)cc1. The van der Waals surface area contributed by atoms with Crippen molar-refractivity contribution in [1.82, 2.24) is 5.01 Å². The van der Waals surface area contributed by atoms with Crippen molar-refractivity contribution in [1.29, 1.82) is 0 Å². The zero-order chi connectivity index (χ0) is 24.6. The Morgan fingerprint density at radius 1 is 0.541 bits per heavy atom. The van der Waals surface area contributed by atoms with Crippen LogP contribution in [0.15, 0.2) is 139 Å². The van der Waals surface area contributed by atoms with E-state index < -0.39 is 0 Å². The van der Waals surface area contributed by atoms with Crippen LogP contribution in [0.5, 0.6) is 5.75 Å². The monoisotopic (exact) mass is 478 g/mol. The summed E-state index contributed by atoms with van der Waals surface area (Å²) in [4.78, 5) is 0. The van der Waals surface area contributed by atoms with Crippen molar-refractivity contribution in [2.75, 3.05) is 0 Å². The highest BCUT2D eigenvalue weighted by Gasteiger charge is 2.40. The van der Waals surface area contributed by atoms with Gasteiger partial charge in [-0.3, -0.25) is 0 Å². The minimum atomic E-state index is -0.272. The minimum Gasteiger partial charge on any atom is -0.464 e. The van der Waals surface area contributed by atoms with Gasteiger partial charge in [0.1, 0.15) is 5.75 Å². The lowest BCUT2D eigenvalue weighted by Crippen LogP contribution is -2.33. The highest BCUT2D eigenvalue weighted by atomic mass is 16.5. The van der Waals surface area contributed by atoms with E-state index in [-0.39, 0.29) is 12.3 Å². The average molecular weight is 479 g/mol.